The number of esters is 2. The molecule has 0 fully saturated rings. The highest BCUT2D eigenvalue weighted by Crippen LogP contribution is 2.20. The van der Waals surface area contributed by atoms with Gasteiger partial charge in [0.1, 0.15) is 0 Å². The summed E-state index contributed by atoms with van der Waals surface area (Å²) in [6.07, 6.45) is 32.3. The Labute approximate surface area is 342 Å². The van der Waals surface area contributed by atoms with Gasteiger partial charge in [0, 0.05) is 32.4 Å². The lowest BCUT2D eigenvalue weighted by Crippen LogP contribution is -2.34. The summed E-state index contributed by atoms with van der Waals surface area (Å²) in [6.45, 7) is 19.1. The average Bonchev–Trinajstić information content (AvgIpc) is 3.18. The Kier molecular flexibility index (Phi) is 39.4. The maximum Gasteiger partial charge on any atom is 0.305 e. The van der Waals surface area contributed by atoms with E-state index in [0.29, 0.717) is 50.2 Å². The van der Waals surface area contributed by atoms with E-state index in [0.717, 1.165) is 116 Å². The molecular formula is C48H94N2O5. The molecular weight excluding hydrogens is 685 g/mol. The van der Waals surface area contributed by atoms with Gasteiger partial charge in [-0.25, -0.2) is 0 Å². The van der Waals surface area contributed by atoms with Crippen LogP contribution in [0, 0.1) is 11.8 Å². The number of carbonyl (C=O) groups excluding carboxylic acids is 3. The molecule has 0 aromatic rings. The minimum atomic E-state index is -0.0388. The molecule has 0 radical (unpaired) electrons. The lowest BCUT2D eigenvalue weighted by atomic mass is 9.96. The summed E-state index contributed by atoms with van der Waals surface area (Å²) in [5.74, 6) is 1.23. The average molecular weight is 779 g/mol. The summed E-state index contributed by atoms with van der Waals surface area (Å²) in [5.41, 5.74) is 0. The molecule has 0 rings (SSSR count). The van der Waals surface area contributed by atoms with Gasteiger partial charge in [0.05, 0.1) is 13.2 Å². The van der Waals surface area contributed by atoms with Gasteiger partial charge in [0.15, 0.2) is 0 Å². The standard InChI is InChI=1S/C48H94N2O5/c1-7-13-19-23-32-44(30-15-9-3)42-54-47(52)35-25-21-27-37-49(39-29-34-46(51)50(40-17-11-5)41-18-12-6)38-28-22-26-36-48(53)55-43-45(31-16-10-4)33-24-20-14-8-2/h44-45H,7-43H2,1-6H3. The Balaban J connectivity index is 4.83. The molecule has 1 amide bonds. The Morgan fingerprint density at radius 2 is 0.764 bits per heavy atom. The summed E-state index contributed by atoms with van der Waals surface area (Å²) < 4.78 is 11.5. The van der Waals surface area contributed by atoms with Crippen molar-refractivity contribution in [1.82, 2.24) is 9.80 Å². The Bertz CT molecular complexity index is 809. The zero-order chi connectivity index (χ0) is 40.6. The van der Waals surface area contributed by atoms with E-state index in [-0.39, 0.29) is 11.9 Å². The molecule has 0 saturated carbocycles. The second kappa shape index (κ2) is 40.6. The van der Waals surface area contributed by atoms with Crippen molar-refractivity contribution in [1.29, 1.82) is 0 Å². The topological polar surface area (TPSA) is 76.1 Å². The summed E-state index contributed by atoms with van der Waals surface area (Å²) in [4.78, 5) is 43.0. The number of carbonyl (C=O) groups is 3. The zero-order valence-corrected chi connectivity index (χ0v) is 37.8. The van der Waals surface area contributed by atoms with Crippen LogP contribution in [0.3, 0.4) is 0 Å². The minimum absolute atomic E-state index is 0.0388. The molecule has 0 aliphatic carbocycles. The number of hydrogen-bond acceptors (Lipinski definition) is 6. The highest BCUT2D eigenvalue weighted by molar-refractivity contribution is 5.76. The van der Waals surface area contributed by atoms with E-state index in [1.54, 1.807) is 0 Å². The van der Waals surface area contributed by atoms with Crippen LogP contribution in [0.1, 0.15) is 234 Å². The fourth-order valence-electron chi connectivity index (χ4n) is 7.46. The predicted octanol–water partition coefficient (Wildman–Crippen LogP) is 13.3. The number of nitrogens with zero attached hydrogens (tertiary/aromatic N) is 2. The molecule has 2 unspecified atom stereocenters. The molecule has 0 heterocycles. The molecule has 55 heavy (non-hydrogen) atoms. The molecule has 0 bridgehead atoms. The van der Waals surface area contributed by atoms with E-state index in [9.17, 15) is 14.4 Å². The summed E-state index contributed by atoms with van der Waals surface area (Å²) in [7, 11) is 0. The normalized spacial score (nSPS) is 12.6. The van der Waals surface area contributed by atoms with Crippen LogP contribution in [-0.4, -0.2) is 73.6 Å². The van der Waals surface area contributed by atoms with Crippen LogP contribution in [0.2, 0.25) is 0 Å². The van der Waals surface area contributed by atoms with E-state index >= 15 is 0 Å². The van der Waals surface area contributed by atoms with Crippen molar-refractivity contribution in [2.24, 2.45) is 11.8 Å². The van der Waals surface area contributed by atoms with Crippen LogP contribution < -0.4 is 0 Å². The van der Waals surface area contributed by atoms with Crippen molar-refractivity contribution in [3.63, 3.8) is 0 Å². The van der Waals surface area contributed by atoms with E-state index in [1.165, 1.54) is 89.9 Å². The third kappa shape index (κ3) is 34.2. The summed E-state index contributed by atoms with van der Waals surface area (Å²) in [6, 6.07) is 0. The van der Waals surface area contributed by atoms with Gasteiger partial charge in [-0.3, -0.25) is 14.4 Å². The van der Waals surface area contributed by atoms with Crippen LogP contribution in [0.5, 0.6) is 0 Å². The first kappa shape index (κ1) is 53.4. The first-order valence-electron chi connectivity index (χ1n) is 24.2. The molecule has 7 heteroatoms. The van der Waals surface area contributed by atoms with E-state index < -0.39 is 0 Å². The third-order valence-corrected chi connectivity index (χ3v) is 11.3. The fourth-order valence-corrected chi connectivity index (χ4v) is 7.46. The monoisotopic (exact) mass is 779 g/mol. The first-order chi connectivity index (χ1) is 26.8. The van der Waals surface area contributed by atoms with Crippen molar-refractivity contribution in [3.05, 3.63) is 0 Å². The lowest BCUT2D eigenvalue weighted by Gasteiger charge is -2.25. The zero-order valence-electron chi connectivity index (χ0n) is 37.8. The number of rotatable bonds is 42. The van der Waals surface area contributed by atoms with Crippen molar-refractivity contribution < 1.29 is 23.9 Å². The molecule has 0 spiro atoms. The van der Waals surface area contributed by atoms with Crippen LogP contribution >= 0.6 is 0 Å². The van der Waals surface area contributed by atoms with Crippen LogP contribution in [0.4, 0.5) is 0 Å². The number of amides is 1. The quantitative estimate of drug-likeness (QED) is 0.0454. The van der Waals surface area contributed by atoms with Gasteiger partial charge in [-0.1, -0.05) is 144 Å². The third-order valence-electron chi connectivity index (χ3n) is 11.3. The molecule has 0 aromatic carbocycles. The fraction of sp³-hybridized carbons (Fsp3) is 0.938. The second-order valence-corrected chi connectivity index (χ2v) is 16.7. The highest BCUT2D eigenvalue weighted by Gasteiger charge is 2.16. The molecule has 0 aliphatic heterocycles. The maximum absolute atomic E-state index is 13.1. The number of ether oxygens (including phenoxy) is 2. The lowest BCUT2D eigenvalue weighted by molar-refractivity contribution is -0.146. The van der Waals surface area contributed by atoms with Gasteiger partial charge in [0.2, 0.25) is 5.91 Å². The van der Waals surface area contributed by atoms with Gasteiger partial charge >= 0.3 is 11.9 Å². The Hall–Kier alpha value is -1.63. The molecule has 0 N–H and O–H groups in total. The smallest absolute Gasteiger partial charge is 0.305 e. The van der Waals surface area contributed by atoms with Gasteiger partial charge in [-0.15, -0.1) is 0 Å². The van der Waals surface area contributed by atoms with Gasteiger partial charge in [0.25, 0.3) is 0 Å². The molecule has 326 valence electrons. The van der Waals surface area contributed by atoms with Crippen LogP contribution in [0.15, 0.2) is 0 Å². The van der Waals surface area contributed by atoms with Crippen molar-refractivity contribution in [3.8, 4) is 0 Å². The predicted molar refractivity (Wildman–Crippen MR) is 234 cm³/mol. The SMILES string of the molecule is CCCCCCC(CCCC)COC(=O)CCCCCN(CCCCCC(=O)OCC(CCCC)CCCCCC)CCCC(=O)N(CCCC)CCCC. The van der Waals surface area contributed by atoms with Crippen LogP contribution in [-0.2, 0) is 23.9 Å². The summed E-state index contributed by atoms with van der Waals surface area (Å²) >= 11 is 0. The van der Waals surface area contributed by atoms with Crippen LogP contribution in [0.25, 0.3) is 0 Å². The van der Waals surface area contributed by atoms with Crippen molar-refractivity contribution in [2.45, 2.75) is 234 Å². The van der Waals surface area contributed by atoms with Gasteiger partial charge < -0.3 is 19.3 Å². The minimum Gasteiger partial charge on any atom is -0.465 e. The van der Waals surface area contributed by atoms with E-state index in [2.05, 4.69) is 51.3 Å². The maximum atomic E-state index is 13.1. The van der Waals surface area contributed by atoms with Crippen molar-refractivity contribution in [2.75, 3.05) is 45.9 Å². The molecule has 0 saturated heterocycles. The Morgan fingerprint density at radius 1 is 0.382 bits per heavy atom. The molecule has 7 nitrogen and oxygen atoms in total. The molecule has 0 aliphatic rings. The largest absolute Gasteiger partial charge is 0.465 e. The van der Waals surface area contributed by atoms with Crippen molar-refractivity contribution >= 4 is 17.8 Å². The number of unbranched alkanes of at least 4 members (excludes halogenated alkanes) is 14. The summed E-state index contributed by atoms with van der Waals surface area (Å²) in [5, 5.41) is 0. The van der Waals surface area contributed by atoms with E-state index in [4.69, 9.17) is 9.47 Å². The van der Waals surface area contributed by atoms with Gasteiger partial charge in [-0.05, 0) is 102 Å². The van der Waals surface area contributed by atoms with E-state index in [1.807, 2.05) is 0 Å². The molecule has 2 atom stereocenters. The van der Waals surface area contributed by atoms with Gasteiger partial charge in [-0.2, -0.15) is 0 Å². The highest BCUT2D eigenvalue weighted by atomic mass is 16.5. The Morgan fingerprint density at radius 3 is 1.18 bits per heavy atom. The second-order valence-electron chi connectivity index (χ2n) is 16.7. The number of hydrogen-bond donors (Lipinski definition) is 0. The molecule has 0 aromatic heterocycles. The first-order valence-corrected chi connectivity index (χ1v) is 24.2.